The highest BCUT2D eigenvalue weighted by atomic mass is 16.4. The minimum Gasteiger partial charge on any atom is -0.480 e. The number of amides is 1. The number of likely N-dealkylation sites (N-methyl/N-ethyl adjacent to an activating group) is 2. The van der Waals surface area contributed by atoms with Crippen LogP contribution in [0.2, 0.25) is 0 Å². The fourth-order valence-electron chi connectivity index (χ4n) is 2.65. The number of rotatable bonds is 6. The van der Waals surface area contributed by atoms with Crippen LogP contribution >= 0.6 is 0 Å². The van der Waals surface area contributed by atoms with Gasteiger partial charge < -0.3 is 14.9 Å². The Labute approximate surface area is 123 Å². The first-order chi connectivity index (χ1) is 9.84. The minimum atomic E-state index is -1.02. The summed E-state index contributed by atoms with van der Waals surface area (Å²) in [6.07, 6.45) is 4.69. The summed E-state index contributed by atoms with van der Waals surface area (Å²) in [5, 5.41) is 16.1. The van der Waals surface area contributed by atoms with E-state index < -0.39 is 5.97 Å². The highest BCUT2D eigenvalue weighted by Gasteiger charge is 2.41. The average Bonchev–Trinajstić information content (AvgIpc) is 2.79. The molecular weight excluding hydrogens is 274 g/mol. The summed E-state index contributed by atoms with van der Waals surface area (Å²) in [6.45, 7) is 0.330. The number of nitrogens with zero attached hydrogens (tertiary/aromatic N) is 5. The third kappa shape index (κ3) is 3.21. The van der Waals surface area contributed by atoms with E-state index in [4.69, 9.17) is 5.11 Å². The van der Waals surface area contributed by atoms with Crippen molar-refractivity contribution in [2.45, 2.75) is 31.3 Å². The summed E-state index contributed by atoms with van der Waals surface area (Å²) >= 11 is 0. The molecule has 0 aromatic carbocycles. The zero-order valence-corrected chi connectivity index (χ0v) is 12.6. The zero-order valence-electron chi connectivity index (χ0n) is 12.6. The van der Waals surface area contributed by atoms with E-state index in [0.717, 1.165) is 17.5 Å². The van der Waals surface area contributed by atoms with E-state index in [1.807, 2.05) is 14.1 Å². The SMILES string of the molecule is CN(CC1(N(C)C)CCC1)C(=O)c1cn(CC(=O)O)nn1. The van der Waals surface area contributed by atoms with Crippen LogP contribution in [-0.4, -0.2) is 75.0 Å². The molecule has 21 heavy (non-hydrogen) atoms. The van der Waals surface area contributed by atoms with E-state index >= 15 is 0 Å². The lowest BCUT2D eigenvalue weighted by Gasteiger charge is -2.49. The fraction of sp³-hybridized carbons (Fsp3) is 0.692. The van der Waals surface area contributed by atoms with Gasteiger partial charge in [-0.2, -0.15) is 0 Å². The standard InChI is InChI=1S/C13H21N5O3/c1-16(2)13(5-4-6-13)9-17(3)12(21)10-7-18(15-14-10)8-11(19)20/h7H,4-6,8-9H2,1-3H3,(H,19,20). The van der Waals surface area contributed by atoms with Gasteiger partial charge in [0.2, 0.25) is 0 Å². The van der Waals surface area contributed by atoms with Gasteiger partial charge in [0.1, 0.15) is 6.54 Å². The lowest BCUT2D eigenvalue weighted by Crippen LogP contribution is -2.57. The molecule has 8 nitrogen and oxygen atoms in total. The van der Waals surface area contributed by atoms with Crippen LogP contribution in [0, 0.1) is 0 Å². The maximum atomic E-state index is 12.3. The van der Waals surface area contributed by atoms with Gasteiger partial charge in [0.15, 0.2) is 5.69 Å². The van der Waals surface area contributed by atoms with Crippen molar-refractivity contribution < 1.29 is 14.7 Å². The van der Waals surface area contributed by atoms with Gasteiger partial charge >= 0.3 is 5.97 Å². The van der Waals surface area contributed by atoms with E-state index in [2.05, 4.69) is 15.2 Å². The normalized spacial score (nSPS) is 16.6. The van der Waals surface area contributed by atoms with E-state index in [0.29, 0.717) is 6.54 Å². The highest BCUT2D eigenvalue weighted by Crippen LogP contribution is 2.36. The van der Waals surface area contributed by atoms with E-state index in [1.165, 1.54) is 12.6 Å². The average molecular weight is 295 g/mol. The molecular formula is C13H21N5O3. The van der Waals surface area contributed by atoms with Crippen molar-refractivity contribution in [1.29, 1.82) is 0 Å². The molecule has 0 saturated heterocycles. The van der Waals surface area contributed by atoms with Gasteiger partial charge in [0.25, 0.3) is 5.91 Å². The summed E-state index contributed by atoms with van der Waals surface area (Å²) < 4.78 is 1.15. The molecule has 2 rings (SSSR count). The van der Waals surface area contributed by atoms with Crippen LogP contribution in [0.4, 0.5) is 0 Å². The van der Waals surface area contributed by atoms with Crippen LogP contribution in [0.15, 0.2) is 6.20 Å². The molecule has 1 aromatic rings. The fourth-order valence-corrected chi connectivity index (χ4v) is 2.65. The minimum absolute atomic E-state index is 0.0431. The molecule has 0 bridgehead atoms. The summed E-state index contributed by atoms with van der Waals surface area (Å²) in [4.78, 5) is 26.7. The molecule has 1 aromatic heterocycles. The largest absolute Gasteiger partial charge is 0.480 e. The topological polar surface area (TPSA) is 91.6 Å². The first-order valence-corrected chi connectivity index (χ1v) is 6.89. The Kier molecular flexibility index (Phi) is 4.26. The van der Waals surface area contributed by atoms with Crippen LogP contribution in [0.5, 0.6) is 0 Å². The highest BCUT2D eigenvalue weighted by molar-refractivity contribution is 5.91. The molecule has 0 atom stereocenters. The van der Waals surface area contributed by atoms with Crippen molar-refractivity contribution in [3.05, 3.63) is 11.9 Å². The number of hydrogen-bond donors (Lipinski definition) is 1. The molecule has 1 aliphatic carbocycles. The Morgan fingerprint density at radius 1 is 1.38 bits per heavy atom. The Balaban J connectivity index is 2.02. The molecule has 0 spiro atoms. The van der Waals surface area contributed by atoms with Crippen molar-refractivity contribution in [3.8, 4) is 0 Å². The Morgan fingerprint density at radius 2 is 2.05 bits per heavy atom. The molecule has 0 radical (unpaired) electrons. The quantitative estimate of drug-likeness (QED) is 0.789. The summed E-state index contributed by atoms with van der Waals surface area (Å²) in [5.74, 6) is -1.26. The van der Waals surface area contributed by atoms with Crippen LogP contribution < -0.4 is 0 Å². The smallest absolute Gasteiger partial charge is 0.325 e. The maximum absolute atomic E-state index is 12.3. The monoisotopic (exact) mass is 295 g/mol. The van der Waals surface area contributed by atoms with Crippen LogP contribution in [-0.2, 0) is 11.3 Å². The van der Waals surface area contributed by atoms with Gasteiger partial charge in [-0.3, -0.25) is 9.59 Å². The number of aromatic nitrogens is 3. The first-order valence-electron chi connectivity index (χ1n) is 6.89. The van der Waals surface area contributed by atoms with Crippen LogP contribution in [0.1, 0.15) is 29.8 Å². The van der Waals surface area contributed by atoms with Gasteiger partial charge in [-0.15, -0.1) is 5.10 Å². The Morgan fingerprint density at radius 3 is 2.52 bits per heavy atom. The van der Waals surface area contributed by atoms with Crippen molar-refractivity contribution in [2.24, 2.45) is 0 Å². The number of carbonyl (C=O) groups excluding carboxylic acids is 1. The van der Waals surface area contributed by atoms with Gasteiger partial charge in [0, 0.05) is 19.1 Å². The van der Waals surface area contributed by atoms with Crippen LogP contribution in [0.3, 0.4) is 0 Å². The number of carboxylic acid groups (broad SMARTS) is 1. The van der Waals surface area contributed by atoms with Gasteiger partial charge in [-0.25, -0.2) is 4.68 Å². The number of carboxylic acids is 1. The maximum Gasteiger partial charge on any atom is 0.325 e. The number of aliphatic carboxylic acids is 1. The summed E-state index contributed by atoms with van der Waals surface area (Å²) in [6, 6.07) is 0. The molecule has 1 amide bonds. The van der Waals surface area contributed by atoms with Crippen molar-refractivity contribution in [2.75, 3.05) is 27.7 Å². The molecule has 1 aliphatic rings. The third-order valence-corrected chi connectivity index (χ3v) is 4.17. The van der Waals surface area contributed by atoms with Gasteiger partial charge in [-0.1, -0.05) is 5.21 Å². The third-order valence-electron chi connectivity index (χ3n) is 4.17. The molecule has 8 heteroatoms. The second-order valence-corrected chi connectivity index (χ2v) is 5.83. The van der Waals surface area contributed by atoms with E-state index in [1.54, 1.807) is 11.9 Å². The van der Waals surface area contributed by atoms with Crippen molar-refractivity contribution in [3.63, 3.8) is 0 Å². The van der Waals surface area contributed by atoms with E-state index in [-0.39, 0.29) is 23.7 Å². The van der Waals surface area contributed by atoms with Gasteiger partial charge in [-0.05, 0) is 33.4 Å². The molecule has 1 fully saturated rings. The van der Waals surface area contributed by atoms with Crippen LogP contribution in [0.25, 0.3) is 0 Å². The molecule has 1 N–H and O–H groups in total. The second-order valence-electron chi connectivity index (χ2n) is 5.83. The number of carbonyl (C=O) groups is 2. The predicted molar refractivity (Wildman–Crippen MR) is 74.9 cm³/mol. The Bertz CT molecular complexity index is 536. The zero-order chi connectivity index (χ0) is 15.6. The lowest BCUT2D eigenvalue weighted by atomic mass is 9.75. The lowest BCUT2D eigenvalue weighted by molar-refractivity contribution is -0.137. The van der Waals surface area contributed by atoms with Crippen molar-refractivity contribution in [1.82, 2.24) is 24.8 Å². The predicted octanol–water partition coefficient (Wildman–Crippen LogP) is -0.0810. The summed E-state index contributed by atoms with van der Waals surface area (Å²) in [5.41, 5.74) is 0.216. The second kappa shape index (κ2) is 5.80. The first kappa shape index (κ1) is 15.4. The Hall–Kier alpha value is -1.96. The van der Waals surface area contributed by atoms with E-state index in [9.17, 15) is 9.59 Å². The number of hydrogen-bond acceptors (Lipinski definition) is 5. The summed E-state index contributed by atoms with van der Waals surface area (Å²) in [7, 11) is 5.79. The van der Waals surface area contributed by atoms with Gasteiger partial charge in [0.05, 0.1) is 6.20 Å². The molecule has 116 valence electrons. The van der Waals surface area contributed by atoms with Crippen molar-refractivity contribution >= 4 is 11.9 Å². The molecule has 1 heterocycles. The molecule has 0 unspecified atom stereocenters. The molecule has 0 aliphatic heterocycles. The molecule has 1 saturated carbocycles.